The van der Waals surface area contributed by atoms with Gasteiger partial charge in [-0.15, -0.1) is 11.3 Å². The summed E-state index contributed by atoms with van der Waals surface area (Å²) in [6, 6.07) is -0.132. The van der Waals surface area contributed by atoms with Crippen LogP contribution in [0.25, 0.3) is 0 Å². The Kier molecular flexibility index (Phi) is 3.87. The fourth-order valence-electron chi connectivity index (χ4n) is 1.63. The Morgan fingerprint density at radius 1 is 1.62 bits per heavy atom. The number of rotatable bonds is 3. The average Bonchev–Trinajstić information content (AvgIpc) is 2.82. The van der Waals surface area contributed by atoms with E-state index in [1.807, 2.05) is 12.3 Å². The summed E-state index contributed by atoms with van der Waals surface area (Å²) in [6.45, 7) is 4.94. The van der Waals surface area contributed by atoms with Crippen molar-refractivity contribution in [2.45, 2.75) is 13.0 Å². The summed E-state index contributed by atoms with van der Waals surface area (Å²) >= 11 is 1.43. The van der Waals surface area contributed by atoms with Crippen LogP contribution in [0, 0.1) is 0 Å². The van der Waals surface area contributed by atoms with Crippen molar-refractivity contribution < 1.29 is 9.53 Å². The van der Waals surface area contributed by atoms with Crippen LogP contribution in [0.5, 0.6) is 0 Å². The first-order valence-corrected chi connectivity index (χ1v) is 6.17. The van der Waals surface area contributed by atoms with Crippen LogP contribution < -0.4 is 5.32 Å². The van der Waals surface area contributed by atoms with Gasteiger partial charge in [-0.3, -0.25) is 9.69 Å². The highest BCUT2D eigenvalue weighted by Crippen LogP contribution is 2.12. The molecule has 88 valence electrons. The largest absolute Gasteiger partial charge is 0.379 e. The number of hydrogen-bond acceptors (Lipinski definition) is 5. The zero-order valence-electron chi connectivity index (χ0n) is 9.18. The molecule has 5 nitrogen and oxygen atoms in total. The molecule has 0 unspecified atom stereocenters. The summed E-state index contributed by atoms with van der Waals surface area (Å²) in [5, 5.41) is 5.30. The maximum absolute atomic E-state index is 11.9. The Morgan fingerprint density at radius 3 is 3.00 bits per heavy atom. The Balaban J connectivity index is 1.88. The molecule has 1 amide bonds. The molecular formula is C10H15N3O2S. The van der Waals surface area contributed by atoms with Crippen LogP contribution in [0.2, 0.25) is 0 Å². The molecule has 16 heavy (non-hydrogen) atoms. The van der Waals surface area contributed by atoms with Gasteiger partial charge >= 0.3 is 0 Å². The Hall–Kier alpha value is -0.980. The quantitative estimate of drug-likeness (QED) is 0.850. The minimum atomic E-state index is -0.132. The minimum Gasteiger partial charge on any atom is -0.379 e. The van der Waals surface area contributed by atoms with Crippen LogP contribution in [0.4, 0.5) is 5.13 Å². The van der Waals surface area contributed by atoms with E-state index in [1.165, 1.54) is 11.3 Å². The van der Waals surface area contributed by atoms with Crippen molar-refractivity contribution in [1.82, 2.24) is 9.88 Å². The monoisotopic (exact) mass is 241 g/mol. The lowest BCUT2D eigenvalue weighted by molar-refractivity contribution is -0.122. The van der Waals surface area contributed by atoms with Crippen molar-refractivity contribution in [3.05, 3.63) is 11.6 Å². The lowest BCUT2D eigenvalue weighted by Gasteiger charge is -2.31. The number of thiazole rings is 1. The molecule has 1 fully saturated rings. The van der Waals surface area contributed by atoms with Crippen LogP contribution in [0.15, 0.2) is 11.6 Å². The third kappa shape index (κ3) is 2.78. The molecule has 2 heterocycles. The van der Waals surface area contributed by atoms with Gasteiger partial charge in [0.15, 0.2) is 5.13 Å². The number of anilines is 1. The lowest BCUT2D eigenvalue weighted by atomic mass is 10.2. The van der Waals surface area contributed by atoms with Gasteiger partial charge in [-0.05, 0) is 6.92 Å². The number of hydrogen-bond donors (Lipinski definition) is 1. The highest BCUT2D eigenvalue weighted by molar-refractivity contribution is 7.13. The van der Waals surface area contributed by atoms with Gasteiger partial charge in [0, 0.05) is 24.7 Å². The third-order valence-electron chi connectivity index (χ3n) is 2.64. The summed E-state index contributed by atoms with van der Waals surface area (Å²) in [4.78, 5) is 18.0. The maximum atomic E-state index is 11.9. The van der Waals surface area contributed by atoms with E-state index in [1.54, 1.807) is 6.20 Å². The first kappa shape index (κ1) is 11.5. The third-order valence-corrected chi connectivity index (χ3v) is 3.32. The second-order valence-corrected chi connectivity index (χ2v) is 4.55. The van der Waals surface area contributed by atoms with E-state index < -0.39 is 0 Å². The Morgan fingerprint density at radius 2 is 2.38 bits per heavy atom. The molecule has 0 spiro atoms. The fourth-order valence-corrected chi connectivity index (χ4v) is 2.16. The van der Waals surface area contributed by atoms with E-state index >= 15 is 0 Å². The van der Waals surface area contributed by atoms with Crippen molar-refractivity contribution >= 4 is 22.4 Å². The molecule has 1 N–H and O–H groups in total. The van der Waals surface area contributed by atoms with Crippen LogP contribution in [0.1, 0.15) is 6.92 Å². The van der Waals surface area contributed by atoms with Gasteiger partial charge in [0.1, 0.15) is 0 Å². The number of carbonyl (C=O) groups excluding carboxylic acids is 1. The molecule has 1 aliphatic heterocycles. The van der Waals surface area contributed by atoms with Crippen molar-refractivity contribution in [3.8, 4) is 0 Å². The number of ether oxygens (including phenoxy) is 1. The van der Waals surface area contributed by atoms with Crippen molar-refractivity contribution in [2.75, 3.05) is 31.6 Å². The number of carbonyl (C=O) groups is 1. The standard InChI is InChI=1S/C10H15N3O2S/c1-8(13-3-5-15-6-4-13)9(14)12-10-11-2-7-16-10/h2,7-8H,3-6H2,1H3,(H,11,12,14)/t8-/m0/s1. The average molecular weight is 241 g/mol. The highest BCUT2D eigenvalue weighted by Gasteiger charge is 2.23. The van der Waals surface area contributed by atoms with E-state index in [0.717, 1.165) is 13.1 Å². The molecule has 2 rings (SSSR count). The van der Waals surface area contributed by atoms with E-state index in [2.05, 4.69) is 15.2 Å². The van der Waals surface area contributed by atoms with Crippen LogP contribution in [-0.2, 0) is 9.53 Å². The summed E-state index contributed by atoms with van der Waals surface area (Å²) < 4.78 is 5.25. The number of morpholine rings is 1. The summed E-state index contributed by atoms with van der Waals surface area (Å²) in [5.74, 6) is -0.00292. The van der Waals surface area contributed by atoms with Crippen molar-refractivity contribution in [1.29, 1.82) is 0 Å². The molecule has 1 atom stereocenters. The summed E-state index contributed by atoms with van der Waals surface area (Å²) in [6.07, 6.45) is 1.68. The molecule has 1 aromatic heterocycles. The van der Waals surface area contributed by atoms with Gasteiger partial charge in [-0.25, -0.2) is 4.98 Å². The van der Waals surface area contributed by atoms with E-state index in [9.17, 15) is 4.79 Å². The number of nitrogens with one attached hydrogen (secondary N) is 1. The SMILES string of the molecule is C[C@@H](C(=O)Nc1nccs1)N1CCOCC1. The van der Waals surface area contributed by atoms with Crippen molar-refractivity contribution in [2.24, 2.45) is 0 Å². The number of nitrogens with zero attached hydrogens (tertiary/aromatic N) is 2. The molecule has 0 saturated carbocycles. The van der Waals surface area contributed by atoms with Gasteiger partial charge < -0.3 is 10.1 Å². The van der Waals surface area contributed by atoms with Crippen LogP contribution in [0.3, 0.4) is 0 Å². The van der Waals surface area contributed by atoms with Gasteiger partial charge in [-0.2, -0.15) is 0 Å². The molecular weight excluding hydrogens is 226 g/mol. The summed E-state index contributed by atoms with van der Waals surface area (Å²) in [5.41, 5.74) is 0. The van der Waals surface area contributed by atoms with Gasteiger partial charge in [0.2, 0.25) is 5.91 Å². The first-order chi connectivity index (χ1) is 7.77. The molecule has 0 aromatic carbocycles. The maximum Gasteiger partial charge on any atom is 0.243 e. The van der Waals surface area contributed by atoms with Gasteiger partial charge in [-0.1, -0.05) is 0 Å². The first-order valence-electron chi connectivity index (χ1n) is 5.29. The molecule has 0 radical (unpaired) electrons. The smallest absolute Gasteiger partial charge is 0.243 e. The molecule has 6 heteroatoms. The Labute approximate surface area is 98.4 Å². The topological polar surface area (TPSA) is 54.5 Å². The highest BCUT2D eigenvalue weighted by atomic mass is 32.1. The normalized spacial score (nSPS) is 19.3. The lowest BCUT2D eigenvalue weighted by Crippen LogP contribution is -2.47. The molecule has 1 saturated heterocycles. The molecule has 0 aliphatic carbocycles. The van der Waals surface area contributed by atoms with Crippen LogP contribution >= 0.6 is 11.3 Å². The van der Waals surface area contributed by atoms with Gasteiger partial charge in [0.25, 0.3) is 0 Å². The van der Waals surface area contributed by atoms with E-state index in [-0.39, 0.29) is 11.9 Å². The second-order valence-electron chi connectivity index (χ2n) is 3.65. The predicted octanol–water partition coefficient (Wildman–Crippen LogP) is 0.802. The molecule has 0 bridgehead atoms. The van der Waals surface area contributed by atoms with Crippen LogP contribution in [-0.4, -0.2) is 48.1 Å². The van der Waals surface area contributed by atoms with Gasteiger partial charge in [0.05, 0.1) is 19.3 Å². The minimum absolute atomic E-state index is 0.00292. The Bertz CT molecular complexity index is 336. The van der Waals surface area contributed by atoms with E-state index in [0.29, 0.717) is 18.3 Å². The number of amides is 1. The molecule has 1 aliphatic rings. The fraction of sp³-hybridized carbons (Fsp3) is 0.600. The summed E-state index contributed by atoms with van der Waals surface area (Å²) in [7, 11) is 0. The predicted molar refractivity (Wildman–Crippen MR) is 62.6 cm³/mol. The number of aromatic nitrogens is 1. The second kappa shape index (κ2) is 5.38. The zero-order chi connectivity index (χ0) is 11.4. The molecule has 1 aromatic rings. The van der Waals surface area contributed by atoms with Crippen molar-refractivity contribution in [3.63, 3.8) is 0 Å². The zero-order valence-corrected chi connectivity index (χ0v) is 10.00. The van der Waals surface area contributed by atoms with E-state index in [4.69, 9.17) is 4.74 Å².